The molecule has 18 heavy (non-hydrogen) atoms. The molecule has 0 aromatic heterocycles. The maximum atomic E-state index is 13.3. The Bertz CT molecular complexity index is 392. The summed E-state index contributed by atoms with van der Waals surface area (Å²) < 4.78 is 26.6. The van der Waals surface area contributed by atoms with Crippen LogP contribution in [0.4, 0.5) is 14.5 Å². The van der Waals surface area contributed by atoms with Crippen molar-refractivity contribution in [3.63, 3.8) is 0 Å². The van der Waals surface area contributed by atoms with E-state index in [-0.39, 0.29) is 6.54 Å². The van der Waals surface area contributed by atoms with Gasteiger partial charge in [0.1, 0.15) is 17.3 Å². The summed E-state index contributed by atoms with van der Waals surface area (Å²) in [6.07, 6.45) is 0. The Morgan fingerprint density at radius 1 is 1.39 bits per heavy atom. The Labute approximate surface area is 105 Å². The number of carbonyl (C=O) groups is 1. The molecule has 0 spiro atoms. The lowest BCUT2D eigenvalue weighted by atomic mass is 10.3. The fourth-order valence-corrected chi connectivity index (χ4v) is 1.53. The van der Waals surface area contributed by atoms with Crippen molar-refractivity contribution < 1.29 is 13.6 Å². The molecule has 0 fully saturated rings. The molecule has 6 heteroatoms. The summed E-state index contributed by atoms with van der Waals surface area (Å²) in [6, 6.07) is 3.43. The van der Waals surface area contributed by atoms with E-state index in [2.05, 4.69) is 5.32 Å². The summed E-state index contributed by atoms with van der Waals surface area (Å²) in [5, 5.41) is 2.23. The van der Waals surface area contributed by atoms with Crippen LogP contribution in [0.3, 0.4) is 0 Å². The number of carbonyl (C=O) groups excluding carboxylic acids is 1. The van der Waals surface area contributed by atoms with Gasteiger partial charge in [0, 0.05) is 13.1 Å². The molecule has 0 aliphatic rings. The Morgan fingerprint density at radius 3 is 2.50 bits per heavy atom. The predicted molar refractivity (Wildman–Crippen MR) is 66.2 cm³/mol. The van der Waals surface area contributed by atoms with Gasteiger partial charge in [-0.1, -0.05) is 13.0 Å². The monoisotopic (exact) mass is 257 g/mol. The number of nitrogens with two attached hydrogens (primary N) is 1. The maximum Gasteiger partial charge on any atom is 0.238 e. The number of hydrogen-bond acceptors (Lipinski definition) is 3. The normalized spacial score (nSPS) is 10.7. The topological polar surface area (TPSA) is 58.4 Å². The third-order valence-corrected chi connectivity index (χ3v) is 2.49. The Morgan fingerprint density at radius 2 is 2.00 bits per heavy atom. The average molecular weight is 257 g/mol. The van der Waals surface area contributed by atoms with E-state index in [0.29, 0.717) is 19.6 Å². The number of likely N-dealkylation sites (N-methyl/N-ethyl adjacent to an activating group) is 1. The van der Waals surface area contributed by atoms with Crippen molar-refractivity contribution in [3.8, 4) is 0 Å². The van der Waals surface area contributed by atoms with Gasteiger partial charge in [0.15, 0.2) is 0 Å². The van der Waals surface area contributed by atoms with E-state index < -0.39 is 23.2 Å². The van der Waals surface area contributed by atoms with Gasteiger partial charge >= 0.3 is 0 Å². The zero-order valence-electron chi connectivity index (χ0n) is 10.2. The van der Waals surface area contributed by atoms with Gasteiger partial charge in [-0.2, -0.15) is 0 Å². The van der Waals surface area contributed by atoms with Crippen molar-refractivity contribution in [1.29, 1.82) is 0 Å². The Kier molecular flexibility index (Phi) is 5.67. The van der Waals surface area contributed by atoms with Gasteiger partial charge in [-0.3, -0.25) is 9.69 Å². The first-order valence-electron chi connectivity index (χ1n) is 5.74. The van der Waals surface area contributed by atoms with E-state index >= 15 is 0 Å². The summed E-state index contributed by atoms with van der Waals surface area (Å²) >= 11 is 0. The van der Waals surface area contributed by atoms with Gasteiger partial charge in [0.05, 0.1) is 6.54 Å². The van der Waals surface area contributed by atoms with Gasteiger partial charge in [-0.25, -0.2) is 8.78 Å². The largest absolute Gasteiger partial charge is 0.329 e. The molecule has 0 saturated heterocycles. The first-order valence-corrected chi connectivity index (χ1v) is 5.74. The molecule has 4 nitrogen and oxygen atoms in total. The van der Waals surface area contributed by atoms with Gasteiger partial charge in [0.2, 0.25) is 5.91 Å². The fraction of sp³-hybridized carbons (Fsp3) is 0.417. The molecular weight excluding hydrogens is 240 g/mol. The minimum atomic E-state index is -0.787. The standard InChI is InChI=1S/C12H17F2N3O/c1-2-17(7-6-15)8-11(18)16-12-9(13)4-3-5-10(12)14/h3-5H,2,6-8,15H2,1H3,(H,16,18). The molecule has 0 radical (unpaired) electrons. The number of hydrogen-bond donors (Lipinski definition) is 2. The number of benzene rings is 1. The van der Waals surface area contributed by atoms with E-state index in [0.717, 1.165) is 12.1 Å². The number of para-hydroxylation sites is 1. The highest BCUT2D eigenvalue weighted by molar-refractivity contribution is 5.92. The maximum absolute atomic E-state index is 13.3. The Hall–Kier alpha value is -1.53. The highest BCUT2D eigenvalue weighted by Crippen LogP contribution is 2.17. The zero-order chi connectivity index (χ0) is 13.5. The molecule has 3 N–H and O–H groups in total. The van der Waals surface area contributed by atoms with Crippen LogP contribution < -0.4 is 11.1 Å². The lowest BCUT2D eigenvalue weighted by molar-refractivity contribution is -0.117. The van der Waals surface area contributed by atoms with Gasteiger partial charge < -0.3 is 11.1 Å². The van der Waals surface area contributed by atoms with E-state index in [1.165, 1.54) is 6.07 Å². The van der Waals surface area contributed by atoms with Gasteiger partial charge in [-0.05, 0) is 18.7 Å². The number of nitrogens with zero attached hydrogens (tertiary/aromatic N) is 1. The van der Waals surface area contributed by atoms with Crippen LogP contribution in [0, 0.1) is 11.6 Å². The van der Waals surface area contributed by atoms with Crippen molar-refractivity contribution in [1.82, 2.24) is 4.90 Å². The molecule has 1 aromatic rings. The zero-order valence-corrected chi connectivity index (χ0v) is 10.2. The van der Waals surface area contributed by atoms with Crippen molar-refractivity contribution in [3.05, 3.63) is 29.8 Å². The van der Waals surface area contributed by atoms with Crippen LogP contribution >= 0.6 is 0 Å². The molecule has 1 rings (SSSR count). The quantitative estimate of drug-likeness (QED) is 0.804. The highest BCUT2D eigenvalue weighted by Gasteiger charge is 2.13. The number of nitrogens with one attached hydrogen (secondary N) is 1. The molecule has 1 amide bonds. The second-order valence-electron chi connectivity index (χ2n) is 3.80. The smallest absolute Gasteiger partial charge is 0.238 e. The third kappa shape index (κ3) is 4.05. The van der Waals surface area contributed by atoms with E-state index in [1.54, 1.807) is 4.90 Å². The summed E-state index contributed by atoms with van der Waals surface area (Å²) in [5.41, 5.74) is 4.98. The minimum Gasteiger partial charge on any atom is -0.329 e. The first kappa shape index (κ1) is 14.5. The van der Waals surface area contributed by atoms with Crippen LogP contribution in [-0.2, 0) is 4.79 Å². The second kappa shape index (κ2) is 7.03. The van der Waals surface area contributed by atoms with E-state index in [9.17, 15) is 13.6 Å². The van der Waals surface area contributed by atoms with Crippen LogP contribution in [0.25, 0.3) is 0 Å². The summed E-state index contributed by atoms with van der Waals surface area (Å²) in [6.45, 7) is 3.57. The molecular formula is C12H17F2N3O. The van der Waals surface area contributed by atoms with Crippen molar-refractivity contribution in [2.75, 3.05) is 31.5 Å². The number of halogens is 2. The third-order valence-electron chi connectivity index (χ3n) is 2.49. The lowest BCUT2D eigenvalue weighted by Crippen LogP contribution is -2.36. The van der Waals surface area contributed by atoms with E-state index in [1.807, 2.05) is 6.92 Å². The number of amides is 1. The van der Waals surface area contributed by atoms with Crippen LogP contribution in [0.5, 0.6) is 0 Å². The molecule has 0 saturated carbocycles. The number of rotatable bonds is 6. The van der Waals surface area contributed by atoms with Crippen molar-refractivity contribution in [2.45, 2.75) is 6.92 Å². The van der Waals surface area contributed by atoms with Gasteiger partial charge in [-0.15, -0.1) is 0 Å². The van der Waals surface area contributed by atoms with Crippen LogP contribution in [-0.4, -0.2) is 37.0 Å². The van der Waals surface area contributed by atoms with Crippen LogP contribution in [0.2, 0.25) is 0 Å². The fourth-order valence-electron chi connectivity index (χ4n) is 1.53. The van der Waals surface area contributed by atoms with E-state index in [4.69, 9.17) is 5.73 Å². The molecule has 0 heterocycles. The van der Waals surface area contributed by atoms with Crippen molar-refractivity contribution >= 4 is 11.6 Å². The highest BCUT2D eigenvalue weighted by atomic mass is 19.1. The molecule has 0 atom stereocenters. The summed E-state index contributed by atoms with van der Waals surface area (Å²) in [7, 11) is 0. The summed E-state index contributed by atoms with van der Waals surface area (Å²) in [4.78, 5) is 13.4. The van der Waals surface area contributed by atoms with Crippen LogP contribution in [0.15, 0.2) is 18.2 Å². The molecule has 0 aliphatic carbocycles. The molecule has 0 bridgehead atoms. The molecule has 0 unspecified atom stereocenters. The van der Waals surface area contributed by atoms with Crippen molar-refractivity contribution in [2.24, 2.45) is 5.73 Å². The molecule has 0 aliphatic heterocycles. The van der Waals surface area contributed by atoms with Crippen LogP contribution in [0.1, 0.15) is 6.92 Å². The molecule has 1 aromatic carbocycles. The first-order chi connectivity index (χ1) is 8.58. The lowest BCUT2D eigenvalue weighted by Gasteiger charge is -2.18. The summed E-state index contributed by atoms with van der Waals surface area (Å²) in [5.74, 6) is -2.04. The van der Waals surface area contributed by atoms with Gasteiger partial charge in [0.25, 0.3) is 0 Å². The molecule has 100 valence electrons. The SMILES string of the molecule is CCN(CCN)CC(=O)Nc1c(F)cccc1F. The second-order valence-corrected chi connectivity index (χ2v) is 3.80. The predicted octanol–water partition coefficient (Wildman–Crippen LogP) is 1.18. The Balaban J connectivity index is 2.64. The number of anilines is 1. The average Bonchev–Trinajstić information content (AvgIpc) is 2.33. The minimum absolute atomic E-state index is 0.0570.